The Bertz CT molecular complexity index is 1270. The van der Waals surface area contributed by atoms with E-state index in [1.807, 2.05) is 48.2 Å². The number of nitrogens with zero attached hydrogens (tertiary/aromatic N) is 4. The van der Waals surface area contributed by atoms with E-state index in [-0.39, 0.29) is 30.6 Å². The van der Waals surface area contributed by atoms with Crippen LogP contribution in [0.4, 0.5) is 15.3 Å². The first-order chi connectivity index (χ1) is 18.4. The maximum atomic E-state index is 13.3. The summed E-state index contributed by atoms with van der Waals surface area (Å²) in [6, 6.07) is 13.1. The lowest BCUT2D eigenvalue weighted by Crippen LogP contribution is -2.53. The molecule has 8 nitrogen and oxygen atoms in total. The van der Waals surface area contributed by atoms with Gasteiger partial charge in [0.2, 0.25) is 5.91 Å². The molecule has 3 aliphatic heterocycles. The molecule has 0 bridgehead atoms. The number of anilines is 1. The summed E-state index contributed by atoms with van der Waals surface area (Å²) in [5, 5.41) is 3.90. The van der Waals surface area contributed by atoms with Gasteiger partial charge in [-0.15, -0.1) is 0 Å². The van der Waals surface area contributed by atoms with E-state index in [1.165, 1.54) is 4.90 Å². The summed E-state index contributed by atoms with van der Waals surface area (Å²) in [7, 11) is 0. The predicted octanol–water partition coefficient (Wildman–Crippen LogP) is 5.17. The van der Waals surface area contributed by atoms with Crippen molar-refractivity contribution in [2.45, 2.75) is 32.2 Å². The lowest BCUT2D eigenvalue weighted by molar-refractivity contribution is -0.132. The number of urea groups is 2. The molecule has 1 fully saturated rings. The highest BCUT2D eigenvalue weighted by Crippen LogP contribution is 2.33. The predicted molar refractivity (Wildman–Crippen MR) is 149 cm³/mol. The lowest BCUT2D eigenvalue weighted by atomic mass is 10.0. The molecule has 5 rings (SSSR count). The largest absolute Gasteiger partial charge is 0.341 e. The van der Waals surface area contributed by atoms with Gasteiger partial charge in [-0.2, -0.15) is 0 Å². The van der Waals surface area contributed by atoms with Crippen LogP contribution >= 0.6 is 23.2 Å². The second-order valence-corrected chi connectivity index (χ2v) is 10.6. The average Bonchev–Trinajstić information content (AvgIpc) is 3.09. The number of carbonyl (C=O) groups is 3. The monoisotopic (exact) mass is 555 g/mol. The number of likely N-dealkylation sites (tertiary alicyclic amines) is 1. The quantitative estimate of drug-likeness (QED) is 0.552. The van der Waals surface area contributed by atoms with E-state index >= 15 is 0 Å². The van der Waals surface area contributed by atoms with Crippen molar-refractivity contribution in [3.05, 3.63) is 69.8 Å². The Kier molecular flexibility index (Phi) is 7.81. The van der Waals surface area contributed by atoms with Crippen molar-refractivity contribution in [1.29, 1.82) is 0 Å². The summed E-state index contributed by atoms with van der Waals surface area (Å²) < 4.78 is 0. The van der Waals surface area contributed by atoms with Crippen LogP contribution in [0.25, 0.3) is 5.57 Å². The van der Waals surface area contributed by atoms with Gasteiger partial charge in [0.25, 0.3) is 0 Å². The topological polar surface area (TPSA) is 76.2 Å². The molecule has 0 unspecified atom stereocenters. The molecule has 3 aliphatic rings. The van der Waals surface area contributed by atoms with Gasteiger partial charge in [0.1, 0.15) is 6.54 Å². The number of piperidine rings is 1. The molecule has 1 saturated heterocycles. The van der Waals surface area contributed by atoms with Gasteiger partial charge >= 0.3 is 12.1 Å². The van der Waals surface area contributed by atoms with Gasteiger partial charge in [-0.05, 0) is 49.5 Å². The van der Waals surface area contributed by atoms with Crippen molar-refractivity contribution in [2.24, 2.45) is 0 Å². The minimum absolute atomic E-state index is 0.0544. The number of para-hydroxylation sites is 1. The molecule has 10 heteroatoms. The smallest absolute Gasteiger partial charge is 0.324 e. The summed E-state index contributed by atoms with van der Waals surface area (Å²) in [4.78, 5) is 46.1. The molecule has 200 valence electrons. The number of likely N-dealkylation sites (N-methyl/N-ethyl adjacent to an activating group) is 1. The minimum atomic E-state index is -0.210. The third kappa shape index (κ3) is 5.33. The standard InChI is InChI=1S/C28H31Cl2N5O3/c1-2-32-16-20(22-7-5-8-23(29)26(22)30)17-34(28(32)38)18-25(36)33-13-11-21(12-14-33)35-15-10-19-6-3-4-9-24(19)31-27(35)37/h3-9,17,21H,2,10-16,18H2,1H3,(H,31,37). The third-order valence-electron chi connectivity index (χ3n) is 7.57. The maximum absolute atomic E-state index is 13.3. The Hall–Kier alpha value is -3.23. The molecular formula is C28H31Cl2N5O3. The van der Waals surface area contributed by atoms with Crippen LogP contribution < -0.4 is 5.32 Å². The fourth-order valence-corrected chi connectivity index (χ4v) is 5.84. The molecule has 2 aromatic rings. The van der Waals surface area contributed by atoms with Crippen LogP contribution in [0, 0.1) is 0 Å². The second-order valence-electron chi connectivity index (χ2n) is 9.82. The Morgan fingerprint density at radius 2 is 1.79 bits per heavy atom. The molecule has 0 atom stereocenters. The van der Waals surface area contributed by atoms with Gasteiger partial charge in [-0.1, -0.05) is 53.5 Å². The van der Waals surface area contributed by atoms with Crippen molar-refractivity contribution < 1.29 is 14.4 Å². The number of carbonyl (C=O) groups excluding carboxylic acids is 3. The SMILES string of the molecule is CCN1CC(c2cccc(Cl)c2Cl)=CN(CC(=O)N2CCC(N3CCc4ccccc4NC3=O)CC2)C1=O. The van der Waals surface area contributed by atoms with Crippen molar-refractivity contribution in [3.63, 3.8) is 0 Å². The van der Waals surface area contributed by atoms with Crippen molar-refractivity contribution >= 4 is 52.4 Å². The molecule has 0 saturated carbocycles. The van der Waals surface area contributed by atoms with Crippen molar-refractivity contribution in [2.75, 3.05) is 44.6 Å². The van der Waals surface area contributed by atoms with Gasteiger partial charge in [-0.3, -0.25) is 9.69 Å². The fraction of sp³-hybridized carbons (Fsp3) is 0.393. The minimum Gasteiger partial charge on any atom is -0.341 e. The molecule has 2 aromatic carbocycles. The lowest BCUT2D eigenvalue weighted by Gasteiger charge is -2.39. The first-order valence-electron chi connectivity index (χ1n) is 13.0. The van der Waals surface area contributed by atoms with Crippen LogP contribution in [0.2, 0.25) is 10.0 Å². The average molecular weight is 556 g/mol. The summed E-state index contributed by atoms with van der Waals surface area (Å²) in [5.41, 5.74) is 3.58. The highest BCUT2D eigenvalue weighted by molar-refractivity contribution is 6.43. The van der Waals surface area contributed by atoms with Crippen molar-refractivity contribution in [1.82, 2.24) is 19.6 Å². The van der Waals surface area contributed by atoms with Gasteiger partial charge in [0.15, 0.2) is 0 Å². The Balaban J connectivity index is 1.23. The van der Waals surface area contributed by atoms with Gasteiger partial charge in [0, 0.05) is 56.2 Å². The van der Waals surface area contributed by atoms with Crippen molar-refractivity contribution in [3.8, 4) is 0 Å². The molecule has 0 spiro atoms. The Morgan fingerprint density at radius 1 is 1.03 bits per heavy atom. The van der Waals surface area contributed by atoms with E-state index in [4.69, 9.17) is 23.2 Å². The summed E-state index contributed by atoms with van der Waals surface area (Å²) >= 11 is 12.7. The van der Waals surface area contributed by atoms with Crippen LogP contribution in [0.1, 0.15) is 30.9 Å². The van der Waals surface area contributed by atoms with E-state index in [0.717, 1.165) is 28.8 Å². The van der Waals surface area contributed by atoms with Gasteiger partial charge in [-0.25, -0.2) is 9.59 Å². The first-order valence-corrected chi connectivity index (χ1v) is 13.7. The number of benzene rings is 2. The fourth-order valence-electron chi connectivity index (χ4n) is 5.42. The number of rotatable bonds is 5. The Labute approximate surface area is 232 Å². The molecule has 5 amide bonds. The number of fused-ring (bicyclic) bond motifs is 1. The molecule has 0 radical (unpaired) electrons. The van der Waals surface area contributed by atoms with E-state index in [9.17, 15) is 14.4 Å². The van der Waals surface area contributed by atoms with E-state index in [1.54, 1.807) is 22.1 Å². The zero-order chi connectivity index (χ0) is 26.8. The van der Waals surface area contributed by atoms with Crippen LogP contribution in [-0.2, 0) is 11.2 Å². The van der Waals surface area contributed by atoms with Gasteiger partial charge < -0.3 is 20.0 Å². The molecule has 1 N–H and O–H groups in total. The number of nitrogens with one attached hydrogen (secondary N) is 1. The molecule has 0 aromatic heterocycles. The summed E-state index contributed by atoms with van der Waals surface area (Å²) in [6.45, 7) is 4.48. The Morgan fingerprint density at radius 3 is 2.55 bits per heavy atom. The number of hydrogen-bond acceptors (Lipinski definition) is 3. The molecule has 38 heavy (non-hydrogen) atoms. The van der Waals surface area contributed by atoms with E-state index in [0.29, 0.717) is 55.6 Å². The van der Waals surface area contributed by atoms with Crippen LogP contribution in [0.15, 0.2) is 48.7 Å². The summed E-state index contributed by atoms with van der Waals surface area (Å²) in [5.74, 6) is -0.115. The summed E-state index contributed by atoms with van der Waals surface area (Å²) in [6.07, 6.45) is 3.91. The second kappa shape index (κ2) is 11.3. The highest BCUT2D eigenvalue weighted by Gasteiger charge is 2.33. The highest BCUT2D eigenvalue weighted by atomic mass is 35.5. The molecular weight excluding hydrogens is 525 g/mol. The zero-order valence-electron chi connectivity index (χ0n) is 21.3. The maximum Gasteiger partial charge on any atom is 0.324 e. The van der Waals surface area contributed by atoms with Crippen LogP contribution in [0.3, 0.4) is 0 Å². The number of hydrogen-bond donors (Lipinski definition) is 1. The number of halogens is 2. The molecule has 3 heterocycles. The molecule has 0 aliphatic carbocycles. The normalized spacial score (nSPS) is 18.7. The van der Waals surface area contributed by atoms with E-state index in [2.05, 4.69) is 5.32 Å². The van der Waals surface area contributed by atoms with Crippen LogP contribution in [-0.4, -0.2) is 82.9 Å². The zero-order valence-corrected chi connectivity index (χ0v) is 22.8. The van der Waals surface area contributed by atoms with Crippen LogP contribution in [0.5, 0.6) is 0 Å². The number of amides is 5. The first kappa shape index (κ1) is 26.4. The van der Waals surface area contributed by atoms with Gasteiger partial charge in [0.05, 0.1) is 10.0 Å². The third-order valence-corrected chi connectivity index (χ3v) is 8.39. The van der Waals surface area contributed by atoms with E-state index < -0.39 is 0 Å².